The van der Waals surface area contributed by atoms with Crippen LogP contribution >= 0.6 is 11.3 Å². The second-order valence-corrected chi connectivity index (χ2v) is 7.69. The van der Waals surface area contributed by atoms with Gasteiger partial charge in [0.1, 0.15) is 18.1 Å². The molecule has 0 aliphatic heterocycles. The Morgan fingerprint density at radius 2 is 1.84 bits per heavy atom. The van der Waals surface area contributed by atoms with Crippen molar-refractivity contribution in [3.8, 4) is 16.3 Å². The minimum atomic E-state index is -0.560. The average molecular weight is 428 g/mol. The van der Waals surface area contributed by atoms with Crippen LogP contribution in [0, 0.1) is 0 Å². The molecule has 152 valence electrons. The zero-order valence-electron chi connectivity index (χ0n) is 16.2. The molecule has 2 aromatic carbocycles. The third-order valence-electron chi connectivity index (χ3n) is 4.69. The van der Waals surface area contributed by atoms with E-state index in [0.29, 0.717) is 16.6 Å². The van der Waals surface area contributed by atoms with Crippen molar-refractivity contribution in [3.05, 3.63) is 100 Å². The number of aromatic amines is 1. The number of hydrogen-bond acceptors (Lipinski definition) is 6. The standard InChI is InChI=1S/C23H16N4O3S/c28-22-16-9-4-5-10-17(16)24-21(25-22)14-30-23(29)19-13-18(20-11-6-12-31-20)26-27(19)15-7-2-1-3-8-15/h1-13H,14H2,(H,24,25,28). The Kier molecular flexibility index (Phi) is 4.89. The number of nitrogens with one attached hydrogen (secondary N) is 1. The normalized spacial score (nSPS) is 11.0. The highest BCUT2D eigenvalue weighted by Crippen LogP contribution is 2.26. The lowest BCUT2D eigenvalue weighted by atomic mass is 10.2. The molecular formula is C23H16N4O3S. The first kappa shape index (κ1) is 19.0. The molecule has 5 rings (SSSR count). The summed E-state index contributed by atoms with van der Waals surface area (Å²) in [7, 11) is 0. The zero-order valence-corrected chi connectivity index (χ0v) is 17.0. The van der Waals surface area contributed by atoms with Crippen LogP contribution < -0.4 is 5.56 Å². The van der Waals surface area contributed by atoms with Gasteiger partial charge in [-0.2, -0.15) is 5.10 Å². The maximum atomic E-state index is 12.9. The van der Waals surface area contributed by atoms with E-state index in [1.807, 2.05) is 47.8 Å². The van der Waals surface area contributed by atoms with E-state index in [0.717, 1.165) is 10.6 Å². The smallest absolute Gasteiger partial charge is 0.357 e. The lowest BCUT2D eigenvalue weighted by molar-refractivity contribution is 0.0451. The summed E-state index contributed by atoms with van der Waals surface area (Å²) in [4.78, 5) is 33.2. The summed E-state index contributed by atoms with van der Waals surface area (Å²) in [6.07, 6.45) is 0. The number of rotatable bonds is 5. The van der Waals surface area contributed by atoms with Crippen LogP contribution in [-0.2, 0) is 11.3 Å². The molecule has 0 bridgehead atoms. The predicted molar refractivity (Wildman–Crippen MR) is 118 cm³/mol. The maximum absolute atomic E-state index is 12.9. The van der Waals surface area contributed by atoms with Gasteiger partial charge in [0.15, 0.2) is 5.69 Å². The fraction of sp³-hybridized carbons (Fsp3) is 0.0435. The number of fused-ring (bicyclic) bond motifs is 1. The molecule has 31 heavy (non-hydrogen) atoms. The zero-order chi connectivity index (χ0) is 21.2. The minimum Gasteiger partial charge on any atom is -0.453 e. The Balaban J connectivity index is 1.45. The molecule has 5 aromatic rings. The first-order valence-electron chi connectivity index (χ1n) is 9.53. The summed E-state index contributed by atoms with van der Waals surface area (Å²) in [5.41, 5.74) is 1.99. The van der Waals surface area contributed by atoms with Crippen LogP contribution in [0.1, 0.15) is 16.3 Å². The average Bonchev–Trinajstić information content (AvgIpc) is 3.48. The first-order chi connectivity index (χ1) is 15.2. The van der Waals surface area contributed by atoms with E-state index >= 15 is 0 Å². The van der Waals surface area contributed by atoms with Crippen LogP contribution in [-0.4, -0.2) is 25.7 Å². The second kappa shape index (κ2) is 8.00. The van der Waals surface area contributed by atoms with Gasteiger partial charge in [0.05, 0.1) is 21.5 Å². The minimum absolute atomic E-state index is 0.160. The largest absolute Gasteiger partial charge is 0.453 e. The van der Waals surface area contributed by atoms with Gasteiger partial charge in [-0.15, -0.1) is 11.3 Å². The van der Waals surface area contributed by atoms with Crippen molar-refractivity contribution >= 4 is 28.2 Å². The van der Waals surface area contributed by atoms with Crippen LogP contribution in [0.4, 0.5) is 0 Å². The number of carbonyl (C=O) groups excluding carboxylic acids is 1. The fourth-order valence-corrected chi connectivity index (χ4v) is 3.93. The number of hydrogen-bond donors (Lipinski definition) is 1. The number of nitrogens with zero attached hydrogens (tertiary/aromatic N) is 3. The molecule has 0 atom stereocenters. The molecule has 3 heterocycles. The van der Waals surface area contributed by atoms with Crippen molar-refractivity contribution in [2.75, 3.05) is 0 Å². The summed E-state index contributed by atoms with van der Waals surface area (Å²) in [5.74, 6) is -0.281. The van der Waals surface area contributed by atoms with Gasteiger partial charge in [-0.05, 0) is 35.7 Å². The molecule has 0 aliphatic rings. The summed E-state index contributed by atoms with van der Waals surface area (Å²) in [5, 5.41) is 7.05. The molecule has 0 saturated carbocycles. The van der Waals surface area contributed by atoms with E-state index in [4.69, 9.17) is 4.74 Å². The van der Waals surface area contributed by atoms with E-state index in [1.54, 1.807) is 46.4 Å². The number of ether oxygens (including phenoxy) is 1. The van der Waals surface area contributed by atoms with Gasteiger partial charge in [-0.1, -0.05) is 36.4 Å². The van der Waals surface area contributed by atoms with Crippen molar-refractivity contribution in [3.63, 3.8) is 0 Å². The van der Waals surface area contributed by atoms with E-state index in [9.17, 15) is 9.59 Å². The third kappa shape index (κ3) is 3.76. The van der Waals surface area contributed by atoms with Crippen LogP contribution in [0.5, 0.6) is 0 Å². The Bertz CT molecular complexity index is 1420. The predicted octanol–water partition coefficient (Wildman–Crippen LogP) is 4.19. The Labute approximate surface area is 180 Å². The molecule has 3 aromatic heterocycles. The molecule has 0 spiro atoms. The van der Waals surface area contributed by atoms with Gasteiger partial charge in [-0.3, -0.25) is 4.79 Å². The lowest BCUT2D eigenvalue weighted by Gasteiger charge is -2.08. The van der Waals surface area contributed by atoms with Gasteiger partial charge >= 0.3 is 5.97 Å². The Hall–Kier alpha value is -4.04. The highest BCUT2D eigenvalue weighted by molar-refractivity contribution is 7.13. The van der Waals surface area contributed by atoms with Gasteiger partial charge in [0.25, 0.3) is 5.56 Å². The van der Waals surface area contributed by atoms with Crippen molar-refractivity contribution < 1.29 is 9.53 Å². The van der Waals surface area contributed by atoms with Crippen molar-refractivity contribution in [2.45, 2.75) is 6.61 Å². The SMILES string of the molecule is O=C(OCc1nc2ccccc2c(=O)[nH]1)c1cc(-c2cccs2)nn1-c1ccccc1. The molecule has 0 radical (unpaired) electrons. The van der Waals surface area contributed by atoms with Crippen LogP contribution in [0.15, 0.2) is 83.0 Å². The molecule has 0 unspecified atom stereocenters. The number of esters is 1. The third-order valence-corrected chi connectivity index (χ3v) is 5.59. The second-order valence-electron chi connectivity index (χ2n) is 6.75. The topological polar surface area (TPSA) is 89.9 Å². The molecule has 8 heteroatoms. The van der Waals surface area contributed by atoms with E-state index < -0.39 is 5.97 Å². The quantitative estimate of drug-likeness (QED) is 0.424. The van der Waals surface area contributed by atoms with E-state index in [1.165, 1.54) is 0 Å². The van der Waals surface area contributed by atoms with Gasteiger partial charge in [0, 0.05) is 6.07 Å². The first-order valence-corrected chi connectivity index (χ1v) is 10.4. The van der Waals surface area contributed by atoms with E-state index in [-0.39, 0.29) is 23.7 Å². The Morgan fingerprint density at radius 3 is 2.65 bits per heavy atom. The van der Waals surface area contributed by atoms with Crippen LogP contribution in [0.25, 0.3) is 27.2 Å². The van der Waals surface area contributed by atoms with Crippen molar-refractivity contribution in [1.29, 1.82) is 0 Å². The Morgan fingerprint density at radius 1 is 1.03 bits per heavy atom. The van der Waals surface area contributed by atoms with Crippen molar-refractivity contribution in [2.24, 2.45) is 0 Å². The van der Waals surface area contributed by atoms with E-state index in [2.05, 4.69) is 15.1 Å². The molecule has 0 aliphatic carbocycles. The van der Waals surface area contributed by atoms with Gasteiger partial charge < -0.3 is 9.72 Å². The maximum Gasteiger partial charge on any atom is 0.357 e. The van der Waals surface area contributed by atoms with Crippen LogP contribution in [0.3, 0.4) is 0 Å². The van der Waals surface area contributed by atoms with Crippen molar-refractivity contribution in [1.82, 2.24) is 19.7 Å². The number of para-hydroxylation sites is 2. The molecule has 7 nitrogen and oxygen atoms in total. The van der Waals surface area contributed by atoms with Gasteiger partial charge in [-0.25, -0.2) is 14.5 Å². The summed E-state index contributed by atoms with van der Waals surface area (Å²) >= 11 is 1.54. The molecule has 1 N–H and O–H groups in total. The number of aromatic nitrogens is 4. The van der Waals surface area contributed by atoms with Crippen LogP contribution in [0.2, 0.25) is 0 Å². The highest BCUT2D eigenvalue weighted by Gasteiger charge is 2.20. The number of carbonyl (C=O) groups is 1. The van der Waals surface area contributed by atoms with Gasteiger partial charge in [0.2, 0.25) is 0 Å². The highest BCUT2D eigenvalue weighted by atomic mass is 32.1. The summed E-state index contributed by atoms with van der Waals surface area (Å²) in [6, 6.07) is 22.0. The number of thiophene rings is 1. The molecule has 0 fully saturated rings. The monoisotopic (exact) mass is 428 g/mol. The lowest BCUT2D eigenvalue weighted by Crippen LogP contribution is -2.16. The molecule has 0 saturated heterocycles. The fourth-order valence-electron chi connectivity index (χ4n) is 3.25. The number of benzene rings is 2. The summed E-state index contributed by atoms with van der Waals surface area (Å²) in [6.45, 7) is -0.160. The summed E-state index contributed by atoms with van der Waals surface area (Å²) < 4.78 is 7.05. The molecular weight excluding hydrogens is 412 g/mol. The molecule has 0 amide bonds. The number of H-pyrrole nitrogens is 1.